The second-order valence-electron chi connectivity index (χ2n) is 6.12. The molecule has 6 heteroatoms. The fraction of sp³-hybridized carbons (Fsp3) is 0.444. The number of carbonyl (C=O) groups is 1. The number of aryl methyl sites for hydroxylation is 1. The zero-order valence-corrected chi connectivity index (χ0v) is 13.8. The van der Waals surface area contributed by atoms with Crippen molar-refractivity contribution in [2.24, 2.45) is 13.0 Å². The van der Waals surface area contributed by atoms with Gasteiger partial charge in [-0.05, 0) is 30.0 Å². The SMILES string of the molecule is Cn1nccc1[C@@H]1OCCC[C@H]1C(=O)NCc1cccc(CO)c1. The number of hydrogen-bond acceptors (Lipinski definition) is 4. The molecule has 0 aliphatic carbocycles. The normalized spacial score (nSPS) is 20.8. The Hall–Kier alpha value is -2.18. The molecule has 24 heavy (non-hydrogen) atoms. The largest absolute Gasteiger partial charge is 0.392 e. The highest BCUT2D eigenvalue weighted by molar-refractivity contribution is 5.79. The van der Waals surface area contributed by atoms with Gasteiger partial charge in [0.1, 0.15) is 6.10 Å². The lowest BCUT2D eigenvalue weighted by atomic mass is 9.91. The van der Waals surface area contributed by atoms with Crippen LogP contribution >= 0.6 is 0 Å². The third-order valence-electron chi connectivity index (χ3n) is 4.45. The summed E-state index contributed by atoms with van der Waals surface area (Å²) >= 11 is 0. The zero-order chi connectivity index (χ0) is 16.9. The van der Waals surface area contributed by atoms with Crippen molar-refractivity contribution in [1.82, 2.24) is 15.1 Å². The number of rotatable bonds is 5. The molecule has 0 radical (unpaired) electrons. The summed E-state index contributed by atoms with van der Waals surface area (Å²) in [4.78, 5) is 12.7. The summed E-state index contributed by atoms with van der Waals surface area (Å²) in [6, 6.07) is 9.49. The van der Waals surface area contributed by atoms with Crippen molar-refractivity contribution in [3.05, 3.63) is 53.3 Å². The van der Waals surface area contributed by atoms with Crippen LogP contribution in [0.5, 0.6) is 0 Å². The van der Waals surface area contributed by atoms with Crippen molar-refractivity contribution in [2.45, 2.75) is 32.1 Å². The van der Waals surface area contributed by atoms with Gasteiger partial charge in [-0.25, -0.2) is 0 Å². The number of benzene rings is 1. The number of aromatic nitrogens is 2. The molecule has 0 spiro atoms. The van der Waals surface area contributed by atoms with E-state index in [2.05, 4.69) is 10.4 Å². The van der Waals surface area contributed by atoms with Crippen molar-refractivity contribution in [3.8, 4) is 0 Å². The maximum absolute atomic E-state index is 12.7. The molecule has 128 valence electrons. The van der Waals surface area contributed by atoms with Gasteiger partial charge in [0.05, 0.1) is 18.2 Å². The average Bonchev–Trinajstić information content (AvgIpc) is 3.05. The minimum atomic E-state index is -0.255. The van der Waals surface area contributed by atoms with E-state index in [1.165, 1.54) is 0 Å². The van der Waals surface area contributed by atoms with E-state index in [1.807, 2.05) is 37.4 Å². The quantitative estimate of drug-likeness (QED) is 0.875. The van der Waals surface area contributed by atoms with E-state index in [0.29, 0.717) is 13.2 Å². The van der Waals surface area contributed by atoms with E-state index in [9.17, 15) is 9.90 Å². The first kappa shape index (κ1) is 16.7. The molecule has 1 aliphatic heterocycles. The third-order valence-corrected chi connectivity index (χ3v) is 4.45. The number of aliphatic hydroxyl groups excluding tert-OH is 1. The second kappa shape index (κ2) is 7.59. The molecule has 2 aromatic rings. The van der Waals surface area contributed by atoms with Crippen molar-refractivity contribution < 1.29 is 14.6 Å². The Morgan fingerprint density at radius 1 is 1.42 bits per heavy atom. The molecule has 6 nitrogen and oxygen atoms in total. The van der Waals surface area contributed by atoms with Crippen LogP contribution in [0.25, 0.3) is 0 Å². The van der Waals surface area contributed by atoms with Gasteiger partial charge in [0.25, 0.3) is 0 Å². The molecule has 2 heterocycles. The van der Waals surface area contributed by atoms with Crippen LogP contribution < -0.4 is 5.32 Å². The van der Waals surface area contributed by atoms with Crippen molar-refractivity contribution in [2.75, 3.05) is 6.61 Å². The van der Waals surface area contributed by atoms with Gasteiger partial charge in [0, 0.05) is 26.4 Å². The molecule has 1 aromatic heterocycles. The predicted molar refractivity (Wildman–Crippen MR) is 88.8 cm³/mol. The van der Waals surface area contributed by atoms with E-state index in [0.717, 1.165) is 29.7 Å². The van der Waals surface area contributed by atoms with Crippen LogP contribution in [0.3, 0.4) is 0 Å². The summed E-state index contributed by atoms with van der Waals surface area (Å²) in [6.07, 6.45) is 3.16. The van der Waals surface area contributed by atoms with Crippen molar-refractivity contribution >= 4 is 5.91 Å². The highest BCUT2D eigenvalue weighted by Crippen LogP contribution is 2.33. The van der Waals surface area contributed by atoms with E-state index in [1.54, 1.807) is 10.9 Å². The summed E-state index contributed by atoms with van der Waals surface area (Å²) in [5.74, 6) is -0.217. The Balaban J connectivity index is 1.67. The Labute approximate surface area is 141 Å². The molecular weight excluding hydrogens is 306 g/mol. The molecule has 1 aliphatic rings. The first-order valence-electron chi connectivity index (χ1n) is 8.25. The monoisotopic (exact) mass is 329 g/mol. The lowest BCUT2D eigenvalue weighted by molar-refractivity contribution is -0.135. The van der Waals surface area contributed by atoms with Crippen LogP contribution in [0.4, 0.5) is 0 Å². The van der Waals surface area contributed by atoms with E-state index in [4.69, 9.17) is 4.74 Å². The van der Waals surface area contributed by atoms with Gasteiger partial charge in [0.2, 0.25) is 5.91 Å². The standard InChI is InChI=1S/C18H23N3O3/c1-21-16(7-8-20-21)17-15(6-3-9-24-17)18(23)19-11-13-4-2-5-14(10-13)12-22/h2,4-5,7-8,10,15,17,22H,3,6,9,11-12H2,1H3,(H,19,23)/t15-,17-/m1/s1. The van der Waals surface area contributed by atoms with E-state index in [-0.39, 0.29) is 24.5 Å². The molecule has 2 N–H and O–H groups in total. The summed E-state index contributed by atoms with van der Waals surface area (Å²) in [6.45, 7) is 1.11. The number of nitrogens with one attached hydrogen (secondary N) is 1. The fourth-order valence-corrected chi connectivity index (χ4v) is 3.16. The first-order valence-corrected chi connectivity index (χ1v) is 8.25. The van der Waals surface area contributed by atoms with Gasteiger partial charge in [0.15, 0.2) is 0 Å². The van der Waals surface area contributed by atoms with Crippen LogP contribution in [0.1, 0.15) is 35.8 Å². The average molecular weight is 329 g/mol. The first-order chi connectivity index (χ1) is 11.7. The number of ether oxygens (including phenoxy) is 1. The van der Waals surface area contributed by atoms with Crippen molar-refractivity contribution in [3.63, 3.8) is 0 Å². The molecule has 1 saturated heterocycles. The number of aliphatic hydroxyl groups is 1. The molecule has 0 saturated carbocycles. The molecular formula is C18H23N3O3. The summed E-state index contributed by atoms with van der Waals surface area (Å²) in [7, 11) is 1.86. The summed E-state index contributed by atoms with van der Waals surface area (Å²) in [5.41, 5.74) is 2.75. The highest BCUT2D eigenvalue weighted by Gasteiger charge is 2.34. The maximum Gasteiger partial charge on any atom is 0.226 e. The minimum Gasteiger partial charge on any atom is -0.392 e. The maximum atomic E-state index is 12.7. The fourth-order valence-electron chi connectivity index (χ4n) is 3.16. The highest BCUT2D eigenvalue weighted by atomic mass is 16.5. The Kier molecular flexibility index (Phi) is 5.27. The van der Waals surface area contributed by atoms with Gasteiger partial charge >= 0.3 is 0 Å². The lowest BCUT2D eigenvalue weighted by Crippen LogP contribution is -2.37. The van der Waals surface area contributed by atoms with Crippen LogP contribution in [-0.2, 0) is 29.7 Å². The van der Waals surface area contributed by atoms with Gasteiger partial charge in [-0.2, -0.15) is 5.10 Å². The van der Waals surface area contributed by atoms with Crippen LogP contribution in [0.2, 0.25) is 0 Å². The predicted octanol–water partition coefficient (Wildman–Crippen LogP) is 1.70. The Morgan fingerprint density at radius 2 is 2.25 bits per heavy atom. The molecule has 1 fully saturated rings. The Bertz CT molecular complexity index is 698. The zero-order valence-electron chi connectivity index (χ0n) is 13.8. The van der Waals surface area contributed by atoms with E-state index >= 15 is 0 Å². The topological polar surface area (TPSA) is 76.4 Å². The van der Waals surface area contributed by atoms with E-state index < -0.39 is 0 Å². The Morgan fingerprint density at radius 3 is 3.00 bits per heavy atom. The molecule has 3 rings (SSSR count). The molecule has 1 amide bonds. The van der Waals surface area contributed by atoms with Gasteiger partial charge < -0.3 is 15.2 Å². The van der Waals surface area contributed by atoms with Gasteiger partial charge in [-0.3, -0.25) is 9.48 Å². The van der Waals surface area contributed by atoms with Gasteiger partial charge in [-0.1, -0.05) is 24.3 Å². The molecule has 0 unspecified atom stereocenters. The number of hydrogen-bond donors (Lipinski definition) is 2. The second-order valence-corrected chi connectivity index (χ2v) is 6.12. The summed E-state index contributed by atoms with van der Waals surface area (Å²) < 4.78 is 7.64. The smallest absolute Gasteiger partial charge is 0.226 e. The minimum absolute atomic E-state index is 0.000808. The van der Waals surface area contributed by atoms with Crippen molar-refractivity contribution in [1.29, 1.82) is 0 Å². The van der Waals surface area contributed by atoms with Gasteiger partial charge in [-0.15, -0.1) is 0 Å². The van der Waals surface area contributed by atoms with Crippen LogP contribution in [0.15, 0.2) is 36.5 Å². The summed E-state index contributed by atoms with van der Waals surface area (Å²) in [5, 5.41) is 16.4. The number of carbonyl (C=O) groups excluding carboxylic acids is 1. The number of amides is 1. The number of nitrogens with zero attached hydrogens (tertiary/aromatic N) is 2. The molecule has 2 atom stereocenters. The van der Waals surface area contributed by atoms with Crippen LogP contribution in [0, 0.1) is 5.92 Å². The molecule has 1 aromatic carbocycles. The van der Waals surface area contributed by atoms with Crippen LogP contribution in [-0.4, -0.2) is 27.4 Å². The lowest BCUT2D eigenvalue weighted by Gasteiger charge is -2.30. The molecule has 0 bridgehead atoms. The third kappa shape index (κ3) is 3.66.